The van der Waals surface area contributed by atoms with Crippen LogP contribution in [0.5, 0.6) is 0 Å². The molecule has 0 aromatic carbocycles. The van der Waals surface area contributed by atoms with Crippen LogP contribution in [-0.4, -0.2) is 18.7 Å². The van der Waals surface area contributed by atoms with E-state index in [1.54, 1.807) is 0 Å². The number of alkyl carbamates (subject to hydrolysis) is 1. The summed E-state index contributed by atoms with van der Waals surface area (Å²) in [6.07, 6.45) is 0.870. The summed E-state index contributed by atoms with van der Waals surface area (Å²) in [6.45, 7) is 0.635. The van der Waals surface area contributed by atoms with Crippen LogP contribution >= 0.6 is 0 Å². The van der Waals surface area contributed by atoms with Gasteiger partial charge in [0.05, 0.1) is 6.61 Å². The van der Waals surface area contributed by atoms with Crippen LogP contribution in [0.15, 0.2) is 0 Å². The van der Waals surface area contributed by atoms with Crippen molar-refractivity contribution >= 4 is 6.09 Å². The Morgan fingerprint density at radius 1 is 1.75 bits per heavy atom. The molecule has 44 valence electrons. The third kappa shape index (κ3) is 0.472. The number of nitrogens with one attached hydrogen (secondary N) is 1. The van der Waals surface area contributed by atoms with E-state index in [0.29, 0.717) is 18.6 Å². The molecule has 0 aromatic rings. The molecule has 1 heterocycles. The lowest BCUT2D eigenvalue weighted by molar-refractivity contribution is 0.126. The molecule has 2 aliphatic rings. The normalized spacial score (nSPS) is 41.8. The molecule has 2 atom stereocenters. The highest BCUT2D eigenvalue weighted by molar-refractivity contribution is 5.69. The number of fused-ring (bicyclic) bond motifs is 1. The number of carbonyl (C=O) groups excluding carboxylic acids is 1. The summed E-state index contributed by atoms with van der Waals surface area (Å²) < 4.78 is 4.68. The molecule has 2 fully saturated rings. The smallest absolute Gasteiger partial charge is 0.407 e. The quantitative estimate of drug-likeness (QED) is 0.484. The molecule has 3 heteroatoms. The van der Waals surface area contributed by atoms with E-state index in [4.69, 9.17) is 0 Å². The molecule has 2 unspecified atom stereocenters. The van der Waals surface area contributed by atoms with E-state index in [1.807, 2.05) is 0 Å². The third-order valence-electron chi connectivity index (χ3n) is 1.65. The van der Waals surface area contributed by atoms with Crippen LogP contribution in [0.2, 0.25) is 0 Å². The van der Waals surface area contributed by atoms with Crippen LogP contribution in [0, 0.1) is 5.92 Å². The molecule has 0 radical (unpaired) electrons. The summed E-state index contributed by atoms with van der Waals surface area (Å²) in [7, 11) is 0. The van der Waals surface area contributed by atoms with Crippen LogP contribution in [-0.2, 0) is 4.74 Å². The van der Waals surface area contributed by atoms with Gasteiger partial charge in [0.25, 0.3) is 0 Å². The Labute approximate surface area is 47.0 Å². The first-order valence-electron chi connectivity index (χ1n) is 2.79. The molecule has 0 spiro atoms. The van der Waals surface area contributed by atoms with Gasteiger partial charge in [-0.1, -0.05) is 0 Å². The first-order chi connectivity index (χ1) is 3.86. The van der Waals surface area contributed by atoms with Crippen molar-refractivity contribution in [2.75, 3.05) is 6.61 Å². The Kier molecular flexibility index (Phi) is 0.604. The lowest BCUT2D eigenvalue weighted by Crippen LogP contribution is -2.33. The minimum atomic E-state index is -0.247. The SMILES string of the molecule is O=C1NC2CC2CO1. The molecule has 1 saturated carbocycles. The fourth-order valence-electron chi connectivity index (χ4n) is 0.984. The van der Waals surface area contributed by atoms with Gasteiger partial charge in [-0.25, -0.2) is 4.79 Å². The number of rotatable bonds is 0. The maximum atomic E-state index is 10.4. The van der Waals surface area contributed by atoms with E-state index in [0.717, 1.165) is 6.42 Å². The molecule has 0 aromatic heterocycles. The average Bonchev–Trinajstić information content (AvgIpc) is 2.43. The molecule has 0 bridgehead atoms. The fourth-order valence-corrected chi connectivity index (χ4v) is 0.984. The predicted octanol–water partition coefficient (Wildman–Crippen LogP) is 0.115. The lowest BCUT2D eigenvalue weighted by atomic mass is 10.4. The summed E-state index contributed by atoms with van der Waals surface area (Å²) in [5, 5.41) is 2.69. The minimum absolute atomic E-state index is 0.247. The summed E-state index contributed by atoms with van der Waals surface area (Å²) in [4.78, 5) is 10.4. The van der Waals surface area contributed by atoms with Crippen molar-refractivity contribution in [1.82, 2.24) is 5.32 Å². The van der Waals surface area contributed by atoms with Crippen molar-refractivity contribution in [3.63, 3.8) is 0 Å². The molecule has 1 saturated heterocycles. The maximum absolute atomic E-state index is 10.4. The van der Waals surface area contributed by atoms with Crippen LogP contribution in [0.3, 0.4) is 0 Å². The van der Waals surface area contributed by atoms with Gasteiger partial charge in [0.1, 0.15) is 0 Å². The van der Waals surface area contributed by atoms with Gasteiger partial charge in [-0.2, -0.15) is 0 Å². The van der Waals surface area contributed by atoms with E-state index in [9.17, 15) is 4.79 Å². The Hall–Kier alpha value is -0.730. The third-order valence-corrected chi connectivity index (χ3v) is 1.65. The largest absolute Gasteiger partial charge is 0.449 e. The number of hydrogen-bond donors (Lipinski definition) is 1. The summed E-state index contributed by atoms with van der Waals surface area (Å²) in [5.41, 5.74) is 0. The zero-order valence-electron chi connectivity index (χ0n) is 4.39. The average molecular weight is 113 g/mol. The van der Waals surface area contributed by atoms with Crippen molar-refractivity contribution in [3.8, 4) is 0 Å². The zero-order valence-corrected chi connectivity index (χ0v) is 4.39. The predicted molar refractivity (Wildman–Crippen MR) is 26.4 cm³/mol. The van der Waals surface area contributed by atoms with Gasteiger partial charge in [-0.05, 0) is 6.42 Å². The van der Waals surface area contributed by atoms with E-state index < -0.39 is 0 Å². The summed E-state index contributed by atoms with van der Waals surface area (Å²) in [5.74, 6) is 0.632. The topological polar surface area (TPSA) is 38.3 Å². The van der Waals surface area contributed by atoms with Gasteiger partial charge in [0, 0.05) is 12.0 Å². The van der Waals surface area contributed by atoms with Crippen molar-refractivity contribution in [1.29, 1.82) is 0 Å². The van der Waals surface area contributed by atoms with Gasteiger partial charge < -0.3 is 10.1 Å². The Morgan fingerprint density at radius 3 is 3.25 bits per heavy atom. The van der Waals surface area contributed by atoms with E-state index in [1.165, 1.54) is 0 Å². The highest BCUT2D eigenvalue weighted by Crippen LogP contribution is 2.32. The summed E-state index contributed by atoms with van der Waals surface area (Å²) in [6, 6.07) is 0.455. The van der Waals surface area contributed by atoms with Crippen molar-refractivity contribution in [2.24, 2.45) is 5.92 Å². The second kappa shape index (κ2) is 1.16. The number of cyclic esters (lactones) is 1. The molecule has 1 aliphatic carbocycles. The minimum Gasteiger partial charge on any atom is -0.449 e. The van der Waals surface area contributed by atoms with E-state index in [2.05, 4.69) is 10.1 Å². The van der Waals surface area contributed by atoms with Gasteiger partial charge in [0.2, 0.25) is 0 Å². The second-order valence-electron chi connectivity index (χ2n) is 2.35. The van der Waals surface area contributed by atoms with Gasteiger partial charge in [-0.15, -0.1) is 0 Å². The molecule has 3 nitrogen and oxygen atoms in total. The highest BCUT2D eigenvalue weighted by Gasteiger charge is 2.42. The Balaban J connectivity index is 2.02. The lowest BCUT2D eigenvalue weighted by Gasteiger charge is -2.10. The van der Waals surface area contributed by atoms with Crippen LogP contribution < -0.4 is 5.32 Å². The van der Waals surface area contributed by atoms with E-state index >= 15 is 0 Å². The number of ether oxygens (including phenoxy) is 1. The van der Waals surface area contributed by atoms with Gasteiger partial charge in [-0.3, -0.25) is 0 Å². The van der Waals surface area contributed by atoms with Crippen LogP contribution in [0.1, 0.15) is 6.42 Å². The van der Waals surface area contributed by atoms with Crippen LogP contribution in [0.4, 0.5) is 4.79 Å². The van der Waals surface area contributed by atoms with Gasteiger partial charge in [0.15, 0.2) is 0 Å². The standard InChI is InChI=1S/C5H7NO2/c7-5-6-4-1-3(4)2-8-5/h3-4H,1-2H2,(H,6,7). The number of hydrogen-bond acceptors (Lipinski definition) is 2. The molecule has 2 rings (SSSR count). The second-order valence-corrected chi connectivity index (χ2v) is 2.35. The Bertz CT molecular complexity index is 134. The maximum Gasteiger partial charge on any atom is 0.407 e. The molecular weight excluding hydrogens is 106 g/mol. The summed E-state index contributed by atoms with van der Waals surface area (Å²) >= 11 is 0. The molecule has 8 heavy (non-hydrogen) atoms. The van der Waals surface area contributed by atoms with Crippen molar-refractivity contribution in [2.45, 2.75) is 12.5 Å². The molecular formula is C5H7NO2. The number of amides is 1. The zero-order chi connectivity index (χ0) is 5.56. The Morgan fingerprint density at radius 2 is 2.62 bits per heavy atom. The highest BCUT2D eigenvalue weighted by atomic mass is 16.6. The van der Waals surface area contributed by atoms with Crippen molar-refractivity contribution < 1.29 is 9.53 Å². The monoisotopic (exact) mass is 113 g/mol. The molecule has 1 aliphatic heterocycles. The molecule has 1 N–H and O–H groups in total. The van der Waals surface area contributed by atoms with E-state index in [-0.39, 0.29) is 6.09 Å². The fraction of sp³-hybridized carbons (Fsp3) is 0.800. The van der Waals surface area contributed by atoms with Gasteiger partial charge >= 0.3 is 6.09 Å². The first-order valence-corrected chi connectivity index (χ1v) is 2.79. The number of carbonyl (C=O) groups is 1. The van der Waals surface area contributed by atoms with Crippen molar-refractivity contribution in [3.05, 3.63) is 0 Å². The molecule has 1 amide bonds. The first kappa shape index (κ1) is 4.18. The van der Waals surface area contributed by atoms with Crippen LogP contribution in [0.25, 0.3) is 0 Å².